The second-order valence-corrected chi connectivity index (χ2v) is 8.93. The summed E-state index contributed by atoms with van der Waals surface area (Å²) in [6.07, 6.45) is -0.293. The Bertz CT molecular complexity index is 1060. The van der Waals surface area contributed by atoms with Crippen LogP contribution in [-0.2, 0) is 14.1 Å². The summed E-state index contributed by atoms with van der Waals surface area (Å²) in [6.45, 7) is 7.00. The number of carbonyl (C=O) groups is 1. The third-order valence-electron chi connectivity index (χ3n) is 4.27. The number of esters is 1. The van der Waals surface area contributed by atoms with E-state index in [0.717, 1.165) is 16.3 Å². The van der Waals surface area contributed by atoms with Crippen LogP contribution in [0.2, 0.25) is 0 Å². The maximum Gasteiger partial charge on any atom is 0.513 e. The first-order valence-electron chi connectivity index (χ1n) is 9.78. The van der Waals surface area contributed by atoms with Gasteiger partial charge in [0.2, 0.25) is 0 Å². The topological polar surface area (TPSA) is 73.9 Å². The van der Waals surface area contributed by atoms with E-state index in [1.54, 1.807) is 39.0 Å². The van der Waals surface area contributed by atoms with Crippen LogP contribution in [0, 0.1) is 6.92 Å². The lowest BCUT2D eigenvalue weighted by Gasteiger charge is -2.24. The first-order valence-corrected chi connectivity index (χ1v) is 11.3. The van der Waals surface area contributed by atoms with Gasteiger partial charge in [-0.1, -0.05) is 54.1 Å². The Morgan fingerprint density at radius 2 is 1.57 bits per heavy atom. The van der Waals surface area contributed by atoms with Crippen LogP contribution < -0.4 is 14.1 Å². The summed E-state index contributed by atoms with van der Waals surface area (Å²) in [5, 5.41) is 4.43. The minimum atomic E-state index is -3.99. The van der Waals surface area contributed by atoms with Crippen molar-refractivity contribution in [3.05, 3.63) is 72.3 Å². The molecular formula is C23H26NO5P. The molecule has 158 valence electrons. The smallest absolute Gasteiger partial charge is 0.462 e. The molecule has 0 radical (unpaired) electrons. The van der Waals surface area contributed by atoms with E-state index in [1.807, 2.05) is 55.5 Å². The normalized spacial score (nSPS) is 14.2. The van der Waals surface area contributed by atoms with Crippen molar-refractivity contribution in [1.82, 2.24) is 5.09 Å². The number of fused-ring (bicyclic) bond motifs is 1. The molecular weight excluding hydrogens is 401 g/mol. The van der Waals surface area contributed by atoms with Crippen LogP contribution in [0.4, 0.5) is 0 Å². The molecule has 0 aliphatic rings. The van der Waals surface area contributed by atoms with Gasteiger partial charge in [0.15, 0.2) is 0 Å². The highest BCUT2D eigenvalue weighted by molar-refractivity contribution is 7.52. The standard InChI is InChI=1S/C23H26NO5P/c1-16(2)27-23(25)18(4)24-30(26,28-20-14-12-17(3)13-15-20)29-22-11-7-9-19-8-5-6-10-21(19)22/h5-16,18H,1-4H3,(H,24,26)/t18-,30?/m0/s1. The fourth-order valence-electron chi connectivity index (χ4n) is 2.84. The van der Waals surface area contributed by atoms with E-state index in [9.17, 15) is 9.36 Å². The molecule has 0 fully saturated rings. The molecule has 7 heteroatoms. The number of hydrogen-bond acceptors (Lipinski definition) is 5. The van der Waals surface area contributed by atoms with Gasteiger partial charge in [-0.3, -0.25) is 4.79 Å². The largest absolute Gasteiger partial charge is 0.513 e. The molecule has 0 heterocycles. The number of carbonyl (C=O) groups excluding carboxylic acids is 1. The summed E-state index contributed by atoms with van der Waals surface area (Å²) in [6, 6.07) is 19.2. The molecule has 30 heavy (non-hydrogen) atoms. The van der Waals surface area contributed by atoms with Gasteiger partial charge in [0, 0.05) is 5.39 Å². The molecule has 0 bridgehead atoms. The van der Waals surface area contributed by atoms with Crippen molar-refractivity contribution in [1.29, 1.82) is 0 Å². The second kappa shape index (κ2) is 9.33. The highest BCUT2D eigenvalue weighted by Crippen LogP contribution is 2.47. The van der Waals surface area contributed by atoms with Gasteiger partial charge >= 0.3 is 13.7 Å². The Morgan fingerprint density at radius 3 is 2.27 bits per heavy atom. The Labute approximate surface area is 176 Å². The summed E-state index contributed by atoms with van der Waals surface area (Å²) < 4.78 is 30.6. The molecule has 6 nitrogen and oxygen atoms in total. The number of aryl methyl sites for hydroxylation is 1. The van der Waals surface area contributed by atoms with Crippen molar-refractivity contribution in [2.45, 2.75) is 39.8 Å². The minimum absolute atomic E-state index is 0.293. The lowest BCUT2D eigenvalue weighted by molar-refractivity contribution is -0.149. The molecule has 0 saturated carbocycles. The maximum atomic E-state index is 13.7. The van der Waals surface area contributed by atoms with Crippen LogP contribution in [0.15, 0.2) is 66.7 Å². The van der Waals surface area contributed by atoms with Gasteiger partial charge in [0.25, 0.3) is 0 Å². The predicted octanol–water partition coefficient (Wildman–Crippen LogP) is 5.64. The molecule has 0 aliphatic carbocycles. The van der Waals surface area contributed by atoms with Crippen molar-refractivity contribution in [3.63, 3.8) is 0 Å². The molecule has 1 N–H and O–H groups in total. The summed E-state index contributed by atoms with van der Waals surface area (Å²) in [5.41, 5.74) is 1.04. The van der Waals surface area contributed by atoms with Gasteiger partial charge < -0.3 is 13.8 Å². The van der Waals surface area contributed by atoms with Gasteiger partial charge in [-0.15, -0.1) is 0 Å². The first-order chi connectivity index (χ1) is 14.3. The summed E-state index contributed by atoms with van der Waals surface area (Å²) >= 11 is 0. The zero-order valence-electron chi connectivity index (χ0n) is 17.5. The third-order valence-corrected chi connectivity index (χ3v) is 5.86. The SMILES string of the molecule is Cc1ccc(OP(=O)(N[C@@H](C)C(=O)OC(C)C)Oc2cccc3ccccc23)cc1. The average Bonchev–Trinajstić information content (AvgIpc) is 2.69. The number of rotatable bonds is 8. The average molecular weight is 427 g/mol. The Kier molecular flexibility index (Phi) is 6.80. The van der Waals surface area contributed by atoms with Crippen LogP contribution in [0.5, 0.6) is 11.5 Å². The number of benzene rings is 3. The van der Waals surface area contributed by atoms with Crippen LogP contribution in [0.3, 0.4) is 0 Å². The van der Waals surface area contributed by atoms with Crippen LogP contribution >= 0.6 is 7.75 Å². The van der Waals surface area contributed by atoms with Gasteiger partial charge in [-0.25, -0.2) is 4.57 Å². The van der Waals surface area contributed by atoms with Crippen LogP contribution in [-0.4, -0.2) is 18.1 Å². The molecule has 3 aromatic carbocycles. The van der Waals surface area contributed by atoms with Gasteiger partial charge in [-0.05, 0) is 51.3 Å². The van der Waals surface area contributed by atoms with E-state index >= 15 is 0 Å². The Morgan fingerprint density at radius 1 is 0.900 bits per heavy atom. The van der Waals surface area contributed by atoms with E-state index < -0.39 is 19.8 Å². The summed E-state index contributed by atoms with van der Waals surface area (Å²) in [5.74, 6) is 0.209. The van der Waals surface area contributed by atoms with Crippen molar-refractivity contribution < 1.29 is 23.1 Å². The van der Waals surface area contributed by atoms with E-state index in [2.05, 4.69) is 5.09 Å². The van der Waals surface area contributed by atoms with Crippen LogP contribution in [0.25, 0.3) is 10.8 Å². The molecule has 3 aromatic rings. The minimum Gasteiger partial charge on any atom is -0.462 e. The van der Waals surface area contributed by atoms with Gasteiger partial charge in [0.1, 0.15) is 17.5 Å². The maximum absolute atomic E-state index is 13.7. The number of ether oxygens (including phenoxy) is 1. The molecule has 3 rings (SSSR count). The molecule has 1 unspecified atom stereocenters. The van der Waals surface area contributed by atoms with Crippen molar-refractivity contribution >= 4 is 24.5 Å². The molecule has 0 saturated heterocycles. The lowest BCUT2D eigenvalue weighted by Crippen LogP contribution is -2.36. The lowest BCUT2D eigenvalue weighted by atomic mass is 10.1. The fourth-order valence-corrected chi connectivity index (χ4v) is 4.38. The first kappa shape index (κ1) is 21.9. The van der Waals surface area contributed by atoms with E-state index in [-0.39, 0.29) is 6.10 Å². The molecule has 0 aliphatic heterocycles. The van der Waals surface area contributed by atoms with Crippen LogP contribution in [0.1, 0.15) is 26.3 Å². The number of hydrogen-bond donors (Lipinski definition) is 1. The number of nitrogens with one attached hydrogen (secondary N) is 1. The third kappa shape index (κ3) is 5.62. The van der Waals surface area contributed by atoms with E-state index in [0.29, 0.717) is 11.5 Å². The van der Waals surface area contributed by atoms with Crippen molar-refractivity contribution in [3.8, 4) is 11.5 Å². The van der Waals surface area contributed by atoms with Gasteiger partial charge in [-0.2, -0.15) is 5.09 Å². The second-order valence-electron chi connectivity index (χ2n) is 7.31. The molecule has 0 aromatic heterocycles. The highest BCUT2D eigenvalue weighted by atomic mass is 31.2. The molecule has 0 amide bonds. The van der Waals surface area contributed by atoms with Crippen molar-refractivity contribution in [2.24, 2.45) is 0 Å². The van der Waals surface area contributed by atoms with Crippen molar-refractivity contribution in [2.75, 3.05) is 0 Å². The zero-order valence-corrected chi connectivity index (χ0v) is 18.4. The highest BCUT2D eigenvalue weighted by Gasteiger charge is 2.34. The van der Waals surface area contributed by atoms with E-state index in [4.69, 9.17) is 13.8 Å². The van der Waals surface area contributed by atoms with E-state index in [1.165, 1.54) is 0 Å². The molecule has 0 spiro atoms. The fraction of sp³-hybridized carbons (Fsp3) is 0.261. The van der Waals surface area contributed by atoms with Gasteiger partial charge in [0.05, 0.1) is 6.10 Å². The Balaban J connectivity index is 1.92. The monoisotopic (exact) mass is 427 g/mol. The Hall–Kier alpha value is -2.82. The molecule has 2 atom stereocenters. The quantitative estimate of drug-likeness (QED) is 0.370. The zero-order chi connectivity index (χ0) is 21.7. The summed E-state index contributed by atoms with van der Waals surface area (Å²) in [4.78, 5) is 12.3. The summed E-state index contributed by atoms with van der Waals surface area (Å²) in [7, 11) is -3.99. The predicted molar refractivity (Wildman–Crippen MR) is 118 cm³/mol.